The summed E-state index contributed by atoms with van der Waals surface area (Å²) >= 11 is 2.23. The van der Waals surface area contributed by atoms with Crippen molar-refractivity contribution >= 4 is 11.8 Å². The molecular weight excluding hydrogens is 226 g/mol. The van der Waals surface area contributed by atoms with E-state index in [1.807, 2.05) is 0 Å². The molecule has 0 amide bonds. The third-order valence-corrected chi connectivity index (χ3v) is 6.05. The van der Waals surface area contributed by atoms with E-state index in [2.05, 4.69) is 30.9 Å². The topological polar surface area (TPSA) is 12.0 Å². The van der Waals surface area contributed by atoms with Crippen molar-refractivity contribution in [3.05, 3.63) is 0 Å². The van der Waals surface area contributed by atoms with Crippen molar-refractivity contribution < 1.29 is 0 Å². The molecule has 1 aliphatic carbocycles. The number of thioether (sulfide) groups is 1. The summed E-state index contributed by atoms with van der Waals surface area (Å²) in [6.45, 7) is 5.93. The van der Waals surface area contributed by atoms with Crippen LogP contribution in [0.25, 0.3) is 0 Å². The fourth-order valence-electron chi connectivity index (χ4n) is 3.44. The highest BCUT2D eigenvalue weighted by Crippen LogP contribution is 2.38. The predicted octanol–water partition coefficient (Wildman–Crippen LogP) is 4.08. The predicted molar refractivity (Wildman–Crippen MR) is 78.7 cm³/mol. The Morgan fingerprint density at radius 1 is 1.18 bits per heavy atom. The van der Waals surface area contributed by atoms with Crippen molar-refractivity contribution in [2.75, 3.05) is 12.3 Å². The SMILES string of the molecule is CCCNC(C1CCC(C)CC1)C1CCCS1. The minimum Gasteiger partial charge on any atom is -0.313 e. The van der Waals surface area contributed by atoms with E-state index in [0.717, 1.165) is 23.1 Å². The highest BCUT2D eigenvalue weighted by molar-refractivity contribution is 8.00. The summed E-state index contributed by atoms with van der Waals surface area (Å²) in [5.74, 6) is 3.35. The van der Waals surface area contributed by atoms with Crippen LogP contribution in [0, 0.1) is 11.8 Å². The maximum atomic E-state index is 3.88. The van der Waals surface area contributed by atoms with E-state index < -0.39 is 0 Å². The first-order valence-electron chi connectivity index (χ1n) is 7.66. The summed E-state index contributed by atoms with van der Waals surface area (Å²) in [5.41, 5.74) is 0. The van der Waals surface area contributed by atoms with Gasteiger partial charge in [0, 0.05) is 11.3 Å². The van der Waals surface area contributed by atoms with Crippen molar-refractivity contribution in [3.8, 4) is 0 Å². The molecule has 2 fully saturated rings. The Morgan fingerprint density at radius 2 is 1.94 bits per heavy atom. The second-order valence-corrected chi connectivity index (χ2v) is 7.40. The summed E-state index contributed by atoms with van der Waals surface area (Å²) in [4.78, 5) is 0. The van der Waals surface area contributed by atoms with Crippen LogP contribution < -0.4 is 5.32 Å². The van der Waals surface area contributed by atoms with Gasteiger partial charge in [-0.25, -0.2) is 0 Å². The Bertz CT molecular complexity index is 205. The van der Waals surface area contributed by atoms with E-state index in [0.29, 0.717) is 0 Å². The number of hydrogen-bond acceptors (Lipinski definition) is 2. The molecule has 0 aromatic heterocycles. The molecule has 1 saturated heterocycles. The van der Waals surface area contributed by atoms with Gasteiger partial charge in [-0.1, -0.05) is 26.7 Å². The second kappa shape index (κ2) is 7.04. The Kier molecular flexibility index (Phi) is 5.68. The average molecular weight is 255 g/mol. The molecule has 0 aromatic carbocycles. The molecule has 100 valence electrons. The third kappa shape index (κ3) is 3.89. The summed E-state index contributed by atoms with van der Waals surface area (Å²) in [7, 11) is 0. The van der Waals surface area contributed by atoms with Crippen LogP contribution in [0.4, 0.5) is 0 Å². The maximum absolute atomic E-state index is 3.88. The largest absolute Gasteiger partial charge is 0.313 e. The lowest BCUT2D eigenvalue weighted by Crippen LogP contribution is -2.44. The minimum atomic E-state index is 0.815. The summed E-state index contributed by atoms with van der Waals surface area (Å²) < 4.78 is 0. The molecule has 0 aromatic rings. The molecule has 0 bridgehead atoms. The molecule has 1 saturated carbocycles. The molecule has 17 heavy (non-hydrogen) atoms. The van der Waals surface area contributed by atoms with Crippen LogP contribution in [0.5, 0.6) is 0 Å². The Balaban J connectivity index is 1.89. The molecular formula is C15H29NS. The Morgan fingerprint density at radius 3 is 2.53 bits per heavy atom. The van der Waals surface area contributed by atoms with E-state index >= 15 is 0 Å². The summed E-state index contributed by atoms with van der Waals surface area (Å²) in [5, 5.41) is 4.79. The van der Waals surface area contributed by atoms with Crippen molar-refractivity contribution in [2.45, 2.75) is 70.1 Å². The van der Waals surface area contributed by atoms with Gasteiger partial charge < -0.3 is 5.32 Å². The summed E-state index contributed by atoms with van der Waals surface area (Å²) in [6.07, 6.45) is 10.1. The number of rotatable bonds is 5. The highest BCUT2D eigenvalue weighted by atomic mass is 32.2. The molecule has 2 heteroatoms. The zero-order valence-electron chi connectivity index (χ0n) is 11.6. The fourth-order valence-corrected chi connectivity index (χ4v) is 4.94. The van der Waals surface area contributed by atoms with Gasteiger partial charge in [0.05, 0.1) is 0 Å². The molecule has 1 nitrogen and oxygen atoms in total. The van der Waals surface area contributed by atoms with Crippen molar-refractivity contribution in [1.82, 2.24) is 5.32 Å². The lowest BCUT2D eigenvalue weighted by Gasteiger charge is -2.36. The average Bonchev–Trinajstić information content (AvgIpc) is 2.85. The molecule has 2 unspecified atom stereocenters. The second-order valence-electron chi connectivity index (χ2n) is 6.05. The molecule has 1 aliphatic heterocycles. The van der Waals surface area contributed by atoms with Gasteiger partial charge in [-0.3, -0.25) is 0 Å². The van der Waals surface area contributed by atoms with E-state index in [4.69, 9.17) is 0 Å². The molecule has 2 rings (SSSR count). The van der Waals surface area contributed by atoms with Crippen LogP contribution in [0.3, 0.4) is 0 Å². The Hall–Kier alpha value is 0.310. The normalized spacial score (nSPS) is 36.0. The van der Waals surface area contributed by atoms with Crippen molar-refractivity contribution in [3.63, 3.8) is 0 Å². The van der Waals surface area contributed by atoms with Crippen LogP contribution in [-0.4, -0.2) is 23.6 Å². The third-order valence-electron chi connectivity index (χ3n) is 4.56. The van der Waals surface area contributed by atoms with Gasteiger partial charge >= 0.3 is 0 Å². The quantitative estimate of drug-likeness (QED) is 0.794. The van der Waals surface area contributed by atoms with Gasteiger partial charge in [-0.15, -0.1) is 0 Å². The minimum absolute atomic E-state index is 0.815. The Labute approximate surface area is 112 Å². The van der Waals surface area contributed by atoms with Gasteiger partial charge in [0.1, 0.15) is 0 Å². The summed E-state index contributed by atoms with van der Waals surface area (Å²) in [6, 6.07) is 0.815. The first-order valence-corrected chi connectivity index (χ1v) is 8.71. The van der Waals surface area contributed by atoms with Gasteiger partial charge in [0.25, 0.3) is 0 Å². The van der Waals surface area contributed by atoms with Crippen LogP contribution in [-0.2, 0) is 0 Å². The van der Waals surface area contributed by atoms with Crippen LogP contribution in [0.1, 0.15) is 58.8 Å². The number of hydrogen-bond donors (Lipinski definition) is 1. The lowest BCUT2D eigenvalue weighted by atomic mass is 9.78. The van der Waals surface area contributed by atoms with Gasteiger partial charge in [-0.05, 0) is 56.2 Å². The van der Waals surface area contributed by atoms with Gasteiger partial charge in [-0.2, -0.15) is 11.8 Å². The standard InChI is InChI=1S/C15H29NS/c1-3-10-16-15(14-5-4-11-17-14)13-8-6-12(2)7-9-13/h12-16H,3-11H2,1-2H3. The van der Waals surface area contributed by atoms with Crippen LogP contribution in [0.2, 0.25) is 0 Å². The van der Waals surface area contributed by atoms with Gasteiger partial charge in [0.15, 0.2) is 0 Å². The maximum Gasteiger partial charge on any atom is 0.0214 e. The first kappa shape index (κ1) is 13.7. The number of nitrogens with one attached hydrogen (secondary N) is 1. The molecule has 2 aliphatic rings. The molecule has 0 spiro atoms. The van der Waals surface area contributed by atoms with E-state index in [1.165, 1.54) is 57.2 Å². The van der Waals surface area contributed by atoms with Crippen molar-refractivity contribution in [1.29, 1.82) is 0 Å². The van der Waals surface area contributed by atoms with E-state index in [1.54, 1.807) is 0 Å². The van der Waals surface area contributed by atoms with Crippen LogP contribution >= 0.6 is 11.8 Å². The van der Waals surface area contributed by atoms with Crippen LogP contribution in [0.15, 0.2) is 0 Å². The monoisotopic (exact) mass is 255 g/mol. The van der Waals surface area contributed by atoms with Crippen molar-refractivity contribution in [2.24, 2.45) is 11.8 Å². The smallest absolute Gasteiger partial charge is 0.0214 e. The molecule has 1 heterocycles. The first-order chi connectivity index (χ1) is 8.31. The lowest BCUT2D eigenvalue weighted by molar-refractivity contribution is 0.225. The van der Waals surface area contributed by atoms with E-state index in [-0.39, 0.29) is 0 Å². The fraction of sp³-hybridized carbons (Fsp3) is 1.00. The zero-order chi connectivity index (χ0) is 12.1. The zero-order valence-corrected chi connectivity index (χ0v) is 12.4. The molecule has 1 N–H and O–H groups in total. The van der Waals surface area contributed by atoms with Gasteiger partial charge in [0.2, 0.25) is 0 Å². The van der Waals surface area contributed by atoms with E-state index in [9.17, 15) is 0 Å². The molecule has 2 atom stereocenters. The molecule has 0 radical (unpaired) electrons. The highest BCUT2D eigenvalue weighted by Gasteiger charge is 2.33.